The average Bonchev–Trinajstić information content (AvgIpc) is 3.24. The van der Waals surface area contributed by atoms with Crippen LogP contribution < -0.4 is 10.2 Å². The van der Waals surface area contributed by atoms with Crippen molar-refractivity contribution in [1.82, 2.24) is 9.78 Å². The first-order chi connectivity index (χ1) is 15.0. The van der Waals surface area contributed by atoms with Crippen LogP contribution in [0, 0.1) is 6.92 Å². The third-order valence-corrected chi connectivity index (χ3v) is 4.89. The molecule has 0 saturated heterocycles. The van der Waals surface area contributed by atoms with Gasteiger partial charge in [-0.05, 0) is 44.5 Å². The highest BCUT2D eigenvalue weighted by Gasteiger charge is 2.18. The summed E-state index contributed by atoms with van der Waals surface area (Å²) in [7, 11) is 0. The van der Waals surface area contributed by atoms with Crippen LogP contribution >= 0.6 is 0 Å². The molecule has 0 bridgehead atoms. The molecule has 0 radical (unpaired) electrons. The second kappa shape index (κ2) is 8.47. The Balaban J connectivity index is 1.69. The SMILES string of the molecule is CCOC(=O)[C@@H](C)Oc1cc(C)c2c(=O)c(-c3cnn(-c4ccccc4)c3)coc2c1. The van der Waals surface area contributed by atoms with Crippen molar-refractivity contribution in [3.8, 4) is 22.6 Å². The van der Waals surface area contributed by atoms with E-state index < -0.39 is 12.1 Å². The van der Waals surface area contributed by atoms with Gasteiger partial charge in [0.25, 0.3) is 0 Å². The number of hydrogen-bond acceptors (Lipinski definition) is 6. The zero-order valence-electron chi connectivity index (χ0n) is 17.5. The standard InChI is InChI=1S/C24H22N2O5/c1-4-29-24(28)16(3)31-19-10-15(2)22-21(11-19)30-14-20(23(22)27)17-12-25-26(13-17)18-8-6-5-7-9-18/h5-14,16H,4H2,1-3H3/t16-/m1/s1. The van der Waals surface area contributed by atoms with Crippen molar-refractivity contribution in [2.45, 2.75) is 26.9 Å². The number of aromatic nitrogens is 2. The Bertz CT molecular complexity index is 1290. The molecule has 4 rings (SSSR count). The predicted molar refractivity (Wildman–Crippen MR) is 117 cm³/mol. The lowest BCUT2D eigenvalue weighted by atomic mass is 10.1. The van der Waals surface area contributed by atoms with Crippen LogP contribution in [0.4, 0.5) is 0 Å². The van der Waals surface area contributed by atoms with Gasteiger partial charge in [-0.1, -0.05) is 18.2 Å². The number of nitrogens with zero attached hydrogens (tertiary/aromatic N) is 2. The molecule has 0 amide bonds. The number of benzene rings is 2. The minimum atomic E-state index is -0.772. The maximum absolute atomic E-state index is 13.2. The Morgan fingerprint density at radius 3 is 2.74 bits per heavy atom. The van der Waals surface area contributed by atoms with Crippen LogP contribution in [0.1, 0.15) is 19.4 Å². The molecule has 0 fully saturated rings. The van der Waals surface area contributed by atoms with Gasteiger partial charge < -0.3 is 13.9 Å². The molecule has 1 atom stereocenters. The maximum atomic E-state index is 13.2. The number of carbonyl (C=O) groups excluding carboxylic acids is 1. The van der Waals surface area contributed by atoms with Gasteiger partial charge in [-0.25, -0.2) is 9.48 Å². The van der Waals surface area contributed by atoms with Crippen LogP contribution in [-0.2, 0) is 9.53 Å². The van der Waals surface area contributed by atoms with Gasteiger partial charge in [0.1, 0.15) is 17.6 Å². The van der Waals surface area contributed by atoms with Crippen molar-refractivity contribution >= 4 is 16.9 Å². The molecule has 0 spiro atoms. The molecule has 0 N–H and O–H groups in total. The Hall–Kier alpha value is -3.87. The second-order valence-electron chi connectivity index (χ2n) is 7.11. The van der Waals surface area contributed by atoms with Gasteiger partial charge in [-0.15, -0.1) is 0 Å². The van der Waals surface area contributed by atoms with Crippen LogP contribution in [0.5, 0.6) is 5.75 Å². The van der Waals surface area contributed by atoms with Crippen molar-refractivity contribution < 1.29 is 18.7 Å². The molecule has 2 aromatic heterocycles. The monoisotopic (exact) mass is 418 g/mol. The largest absolute Gasteiger partial charge is 0.479 e. The van der Waals surface area contributed by atoms with E-state index in [0.29, 0.717) is 33.4 Å². The number of para-hydroxylation sites is 1. The molecule has 0 aliphatic carbocycles. The van der Waals surface area contributed by atoms with Crippen molar-refractivity contribution in [2.75, 3.05) is 6.61 Å². The number of aryl methyl sites for hydroxylation is 1. The second-order valence-corrected chi connectivity index (χ2v) is 7.11. The summed E-state index contributed by atoms with van der Waals surface area (Å²) in [6, 6.07) is 13.0. The van der Waals surface area contributed by atoms with E-state index in [1.807, 2.05) is 30.3 Å². The van der Waals surface area contributed by atoms with Crippen LogP contribution in [0.2, 0.25) is 0 Å². The molecule has 0 saturated carbocycles. The van der Waals surface area contributed by atoms with Crippen molar-refractivity contribution in [3.05, 3.63) is 76.9 Å². The van der Waals surface area contributed by atoms with E-state index in [4.69, 9.17) is 13.9 Å². The van der Waals surface area contributed by atoms with Gasteiger partial charge in [0, 0.05) is 17.8 Å². The van der Waals surface area contributed by atoms with Crippen LogP contribution in [0.15, 0.2) is 70.3 Å². The molecule has 0 aliphatic rings. The molecule has 0 aliphatic heterocycles. The first kappa shape index (κ1) is 20.4. The summed E-state index contributed by atoms with van der Waals surface area (Å²) in [5.41, 5.74) is 2.90. The quantitative estimate of drug-likeness (QED) is 0.435. The van der Waals surface area contributed by atoms with Gasteiger partial charge in [-0.2, -0.15) is 5.10 Å². The van der Waals surface area contributed by atoms with Gasteiger partial charge >= 0.3 is 5.97 Å². The zero-order chi connectivity index (χ0) is 22.0. The summed E-state index contributed by atoms with van der Waals surface area (Å²) in [5, 5.41) is 4.82. The highest BCUT2D eigenvalue weighted by atomic mass is 16.6. The van der Waals surface area contributed by atoms with Gasteiger partial charge in [0.2, 0.25) is 5.43 Å². The van der Waals surface area contributed by atoms with E-state index in [1.165, 1.54) is 6.26 Å². The first-order valence-electron chi connectivity index (χ1n) is 9.98. The third-order valence-electron chi connectivity index (χ3n) is 4.89. The maximum Gasteiger partial charge on any atom is 0.347 e. The lowest BCUT2D eigenvalue weighted by Crippen LogP contribution is -2.26. The Labute approximate surface area is 178 Å². The smallest absolute Gasteiger partial charge is 0.347 e. The summed E-state index contributed by atoms with van der Waals surface area (Å²) >= 11 is 0. The zero-order valence-corrected chi connectivity index (χ0v) is 17.5. The Morgan fingerprint density at radius 1 is 1.23 bits per heavy atom. The summed E-state index contributed by atoms with van der Waals surface area (Å²) in [6.07, 6.45) is 4.08. The molecule has 4 aromatic rings. The summed E-state index contributed by atoms with van der Waals surface area (Å²) < 4.78 is 18.1. The average molecular weight is 418 g/mol. The van der Waals surface area contributed by atoms with Gasteiger partial charge in [0.05, 0.1) is 29.4 Å². The number of fused-ring (bicyclic) bond motifs is 1. The highest BCUT2D eigenvalue weighted by molar-refractivity contribution is 5.85. The molecule has 0 unspecified atom stereocenters. The summed E-state index contributed by atoms with van der Waals surface area (Å²) in [6.45, 7) is 5.43. The highest BCUT2D eigenvalue weighted by Crippen LogP contribution is 2.27. The normalized spacial score (nSPS) is 12.0. The minimum Gasteiger partial charge on any atom is -0.479 e. The molecular weight excluding hydrogens is 396 g/mol. The molecule has 2 aromatic carbocycles. The number of carbonyl (C=O) groups is 1. The van der Waals surface area contributed by atoms with Crippen molar-refractivity contribution in [3.63, 3.8) is 0 Å². The van der Waals surface area contributed by atoms with Crippen molar-refractivity contribution in [2.24, 2.45) is 0 Å². The van der Waals surface area contributed by atoms with E-state index in [1.54, 1.807) is 50.0 Å². The summed E-state index contributed by atoms with van der Waals surface area (Å²) in [5.74, 6) is -0.0224. The van der Waals surface area contributed by atoms with Crippen LogP contribution in [-0.4, -0.2) is 28.5 Å². The molecule has 7 heteroatoms. The van der Waals surface area contributed by atoms with Gasteiger partial charge in [0.15, 0.2) is 6.10 Å². The number of esters is 1. The topological polar surface area (TPSA) is 83.6 Å². The Kier molecular flexibility index (Phi) is 5.58. The van der Waals surface area contributed by atoms with E-state index in [-0.39, 0.29) is 12.0 Å². The van der Waals surface area contributed by atoms with E-state index in [2.05, 4.69) is 5.10 Å². The Morgan fingerprint density at radius 2 is 2.00 bits per heavy atom. The summed E-state index contributed by atoms with van der Waals surface area (Å²) in [4.78, 5) is 25.0. The number of rotatable bonds is 6. The lowest BCUT2D eigenvalue weighted by molar-refractivity contribution is -0.150. The molecular formula is C24H22N2O5. The third kappa shape index (κ3) is 4.07. The predicted octanol–water partition coefficient (Wildman–Crippen LogP) is 4.28. The molecule has 7 nitrogen and oxygen atoms in total. The first-order valence-corrected chi connectivity index (χ1v) is 9.98. The van der Waals surface area contributed by atoms with Gasteiger partial charge in [-0.3, -0.25) is 4.79 Å². The lowest BCUT2D eigenvalue weighted by Gasteiger charge is -2.14. The minimum absolute atomic E-state index is 0.156. The molecule has 2 heterocycles. The fraction of sp³-hybridized carbons (Fsp3) is 0.208. The fourth-order valence-corrected chi connectivity index (χ4v) is 3.38. The number of hydrogen-bond donors (Lipinski definition) is 0. The van der Waals surface area contributed by atoms with E-state index >= 15 is 0 Å². The molecule has 31 heavy (non-hydrogen) atoms. The fourth-order valence-electron chi connectivity index (χ4n) is 3.38. The van der Waals surface area contributed by atoms with Crippen LogP contribution in [0.25, 0.3) is 27.8 Å². The molecule has 158 valence electrons. The van der Waals surface area contributed by atoms with Crippen LogP contribution in [0.3, 0.4) is 0 Å². The number of ether oxygens (including phenoxy) is 2. The van der Waals surface area contributed by atoms with E-state index in [9.17, 15) is 9.59 Å². The van der Waals surface area contributed by atoms with Crippen molar-refractivity contribution in [1.29, 1.82) is 0 Å². The van der Waals surface area contributed by atoms with E-state index in [0.717, 1.165) is 5.69 Å².